The molecule has 0 bridgehead atoms. The Morgan fingerprint density at radius 1 is 1.14 bits per heavy atom. The zero-order chi connectivity index (χ0) is 15.0. The third-order valence-electron chi connectivity index (χ3n) is 3.88. The van der Waals surface area contributed by atoms with Gasteiger partial charge in [0.15, 0.2) is 0 Å². The maximum absolute atomic E-state index is 12.7. The molecule has 114 valence electrons. The van der Waals surface area contributed by atoms with Crippen molar-refractivity contribution in [3.05, 3.63) is 23.8 Å². The fourth-order valence-electron chi connectivity index (χ4n) is 2.55. The summed E-state index contributed by atoms with van der Waals surface area (Å²) in [5, 5.41) is 3.05. The van der Waals surface area contributed by atoms with Crippen LogP contribution >= 0.6 is 0 Å². The van der Waals surface area contributed by atoms with Crippen LogP contribution in [0.4, 0.5) is 24.5 Å². The summed E-state index contributed by atoms with van der Waals surface area (Å²) < 4.78 is 38.1. The molecule has 0 aliphatic carbocycles. The molecule has 0 amide bonds. The number of likely N-dealkylation sites (N-methyl/N-ethyl adjacent to an activating group) is 1. The standard InChI is InChI=1S/C14H17F3N4/c1-20-4-6-21(7-5-20)13-9-18-12-8-10(14(15,16)17)2-3-11(12)19-13/h2-3,8,18H,4-7,9H2,1H3. The molecule has 1 fully saturated rings. The first-order chi connectivity index (χ1) is 9.93. The van der Waals surface area contributed by atoms with Crippen molar-refractivity contribution in [1.29, 1.82) is 0 Å². The number of anilines is 1. The predicted octanol–water partition coefficient (Wildman–Crippen LogP) is 2.41. The summed E-state index contributed by atoms with van der Waals surface area (Å²) in [6, 6.07) is 3.64. The number of nitrogens with zero attached hydrogens (tertiary/aromatic N) is 3. The number of piperazine rings is 1. The van der Waals surface area contributed by atoms with Crippen LogP contribution in [-0.4, -0.2) is 55.4 Å². The fourth-order valence-corrected chi connectivity index (χ4v) is 2.55. The number of benzene rings is 1. The maximum atomic E-state index is 12.7. The van der Waals surface area contributed by atoms with E-state index >= 15 is 0 Å². The van der Waals surface area contributed by atoms with Crippen LogP contribution in [-0.2, 0) is 6.18 Å². The SMILES string of the molecule is CN1CCN(C2=Nc3ccc(C(F)(F)F)cc3NC2)CC1. The third kappa shape index (κ3) is 2.97. The number of fused-ring (bicyclic) bond motifs is 1. The van der Waals surface area contributed by atoms with Gasteiger partial charge in [0.05, 0.1) is 23.5 Å². The van der Waals surface area contributed by atoms with Crippen molar-refractivity contribution in [2.75, 3.05) is 45.1 Å². The summed E-state index contributed by atoms with van der Waals surface area (Å²) in [5.74, 6) is 0.898. The Morgan fingerprint density at radius 3 is 2.52 bits per heavy atom. The van der Waals surface area contributed by atoms with E-state index in [0.29, 0.717) is 17.9 Å². The highest BCUT2D eigenvalue weighted by atomic mass is 19.4. The molecule has 0 radical (unpaired) electrons. The molecule has 1 aromatic carbocycles. The molecule has 0 unspecified atom stereocenters. The Balaban J connectivity index is 1.82. The number of hydrogen-bond donors (Lipinski definition) is 1. The zero-order valence-electron chi connectivity index (χ0n) is 11.7. The molecule has 3 rings (SSSR count). The van der Waals surface area contributed by atoms with E-state index in [1.54, 1.807) is 0 Å². The quantitative estimate of drug-likeness (QED) is 0.798. The second-order valence-electron chi connectivity index (χ2n) is 5.40. The van der Waals surface area contributed by atoms with Gasteiger partial charge in [0.1, 0.15) is 5.84 Å². The number of aliphatic imine (C=N–C) groups is 1. The summed E-state index contributed by atoms with van der Waals surface area (Å²) in [6.45, 7) is 4.20. The van der Waals surface area contributed by atoms with E-state index in [4.69, 9.17) is 0 Å². The molecule has 7 heteroatoms. The first kappa shape index (κ1) is 14.2. The lowest BCUT2D eigenvalue weighted by Gasteiger charge is -2.36. The van der Waals surface area contributed by atoms with Gasteiger partial charge in [-0.2, -0.15) is 13.2 Å². The van der Waals surface area contributed by atoms with Crippen LogP contribution in [0.3, 0.4) is 0 Å². The van der Waals surface area contributed by atoms with Crippen molar-refractivity contribution in [2.45, 2.75) is 6.18 Å². The number of amidine groups is 1. The summed E-state index contributed by atoms with van der Waals surface area (Å²) in [5.41, 5.74) is 0.373. The van der Waals surface area contributed by atoms with Gasteiger partial charge in [-0.1, -0.05) is 0 Å². The van der Waals surface area contributed by atoms with E-state index in [1.807, 2.05) is 0 Å². The third-order valence-corrected chi connectivity index (χ3v) is 3.88. The fraction of sp³-hybridized carbons (Fsp3) is 0.500. The highest BCUT2D eigenvalue weighted by Gasteiger charge is 2.31. The predicted molar refractivity (Wildman–Crippen MR) is 76.1 cm³/mol. The van der Waals surface area contributed by atoms with Gasteiger partial charge >= 0.3 is 6.18 Å². The summed E-state index contributed by atoms with van der Waals surface area (Å²) in [7, 11) is 2.08. The van der Waals surface area contributed by atoms with Crippen molar-refractivity contribution < 1.29 is 13.2 Å². The van der Waals surface area contributed by atoms with E-state index in [1.165, 1.54) is 6.07 Å². The minimum absolute atomic E-state index is 0.447. The highest BCUT2D eigenvalue weighted by molar-refractivity contribution is 5.94. The average Bonchev–Trinajstić information content (AvgIpc) is 2.46. The molecule has 1 N–H and O–H groups in total. The van der Waals surface area contributed by atoms with Crippen LogP contribution in [0.15, 0.2) is 23.2 Å². The lowest BCUT2D eigenvalue weighted by Crippen LogP contribution is -2.49. The van der Waals surface area contributed by atoms with Gasteiger partial charge in [-0.05, 0) is 25.2 Å². The summed E-state index contributed by atoms with van der Waals surface area (Å²) in [6.07, 6.45) is -4.32. The molecular formula is C14H17F3N4. The lowest BCUT2D eigenvalue weighted by molar-refractivity contribution is -0.137. The summed E-state index contributed by atoms with van der Waals surface area (Å²) >= 11 is 0. The molecular weight excluding hydrogens is 281 g/mol. The molecule has 0 atom stereocenters. The Kier molecular flexibility index (Phi) is 3.52. The average molecular weight is 298 g/mol. The lowest BCUT2D eigenvalue weighted by atomic mass is 10.1. The van der Waals surface area contributed by atoms with Crippen molar-refractivity contribution >= 4 is 17.2 Å². The van der Waals surface area contributed by atoms with E-state index in [2.05, 4.69) is 27.2 Å². The Morgan fingerprint density at radius 2 is 1.86 bits per heavy atom. The number of nitrogens with one attached hydrogen (secondary N) is 1. The number of halogens is 3. The van der Waals surface area contributed by atoms with E-state index < -0.39 is 11.7 Å². The summed E-state index contributed by atoms with van der Waals surface area (Å²) in [4.78, 5) is 8.95. The molecule has 0 saturated carbocycles. The largest absolute Gasteiger partial charge is 0.416 e. The van der Waals surface area contributed by atoms with Crippen molar-refractivity contribution in [1.82, 2.24) is 9.80 Å². The van der Waals surface area contributed by atoms with Crippen LogP contribution in [0.25, 0.3) is 0 Å². The van der Waals surface area contributed by atoms with Gasteiger partial charge in [-0.25, -0.2) is 4.99 Å². The van der Waals surface area contributed by atoms with Crippen LogP contribution in [0.5, 0.6) is 0 Å². The van der Waals surface area contributed by atoms with Gasteiger partial charge < -0.3 is 15.1 Å². The molecule has 2 aliphatic heterocycles. The van der Waals surface area contributed by atoms with Crippen molar-refractivity contribution in [2.24, 2.45) is 4.99 Å². The smallest absolute Gasteiger partial charge is 0.376 e. The van der Waals surface area contributed by atoms with Crippen LogP contribution in [0.1, 0.15) is 5.56 Å². The molecule has 1 aromatic rings. The van der Waals surface area contributed by atoms with Gasteiger partial charge in [-0.15, -0.1) is 0 Å². The minimum Gasteiger partial charge on any atom is -0.376 e. The van der Waals surface area contributed by atoms with Crippen molar-refractivity contribution in [3.63, 3.8) is 0 Å². The first-order valence-electron chi connectivity index (χ1n) is 6.90. The highest BCUT2D eigenvalue weighted by Crippen LogP contribution is 2.36. The molecule has 0 spiro atoms. The zero-order valence-corrected chi connectivity index (χ0v) is 11.7. The molecule has 0 aromatic heterocycles. The molecule has 4 nitrogen and oxygen atoms in total. The first-order valence-corrected chi connectivity index (χ1v) is 6.90. The van der Waals surface area contributed by atoms with E-state index in [0.717, 1.165) is 44.1 Å². The van der Waals surface area contributed by atoms with Gasteiger partial charge in [-0.3, -0.25) is 0 Å². The van der Waals surface area contributed by atoms with Crippen LogP contribution < -0.4 is 5.32 Å². The molecule has 2 aliphatic rings. The normalized spacial score (nSPS) is 19.8. The van der Waals surface area contributed by atoms with Gasteiger partial charge in [0, 0.05) is 26.2 Å². The number of hydrogen-bond acceptors (Lipinski definition) is 4. The molecule has 21 heavy (non-hydrogen) atoms. The second kappa shape index (κ2) is 5.22. The maximum Gasteiger partial charge on any atom is 0.416 e. The minimum atomic E-state index is -4.32. The number of alkyl halides is 3. The van der Waals surface area contributed by atoms with E-state index in [-0.39, 0.29) is 0 Å². The van der Waals surface area contributed by atoms with Crippen molar-refractivity contribution in [3.8, 4) is 0 Å². The van der Waals surface area contributed by atoms with Crippen LogP contribution in [0.2, 0.25) is 0 Å². The topological polar surface area (TPSA) is 30.9 Å². The van der Waals surface area contributed by atoms with Gasteiger partial charge in [0.2, 0.25) is 0 Å². The Hall–Kier alpha value is -1.76. The Labute approximate surface area is 121 Å². The van der Waals surface area contributed by atoms with Gasteiger partial charge in [0.25, 0.3) is 0 Å². The molecule has 2 heterocycles. The molecule has 1 saturated heterocycles. The Bertz CT molecular complexity index is 560. The monoisotopic (exact) mass is 298 g/mol. The van der Waals surface area contributed by atoms with Crippen LogP contribution in [0, 0.1) is 0 Å². The van der Waals surface area contributed by atoms with E-state index in [9.17, 15) is 13.2 Å². The second-order valence-corrected chi connectivity index (χ2v) is 5.40. The number of rotatable bonds is 0.